The second-order valence-corrected chi connectivity index (χ2v) is 9.34. The second kappa shape index (κ2) is 10.9. The summed E-state index contributed by atoms with van der Waals surface area (Å²) in [5.74, 6) is 1.47. The Kier molecular flexibility index (Phi) is 7.30. The van der Waals surface area contributed by atoms with Crippen molar-refractivity contribution < 1.29 is 9.53 Å². The van der Waals surface area contributed by atoms with E-state index in [2.05, 4.69) is 9.88 Å². The summed E-state index contributed by atoms with van der Waals surface area (Å²) in [5.41, 5.74) is 3.95. The molecule has 1 fully saturated rings. The lowest BCUT2D eigenvalue weighted by Crippen LogP contribution is -2.50. The molecule has 2 aromatic carbocycles. The Morgan fingerprint density at radius 2 is 1.81 bits per heavy atom. The average Bonchev–Trinajstić information content (AvgIpc) is 3.24. The van der Waals surface area contributed by atoms with Gasteiger partial charge in [0.25, 0.3) is 0 Å². The zero-order chi connectivity index (χ0) is 24.9. The number of hydrogen-bond donors (Lipinski definition) is 0. The van der Waals surface area contributed by atoms with E-state index in [1.807, 2.05) is 84.4 Å². The SMILES string of the molecule is Cc1cc(N2CCN(Cc3ccccn3)CC2=O)nn1Cc1cc(Cl)ccc1OCc1ccccc1. The highest BCUT2D eigenvalue weighted by molar-refractivity contribution is 6.30. The number of rotatable bonds is 8. The van der Waals surface area contributed by atoms with Crippen molar-refractivity contribution in [2.24, 2.45) is 0 Å². The summed E-state index contributed by atoms with van der Waals surface area (Å²) in [6, 6.07) is 23.5. The van der Waals surface area contributed by atoms with Gasteiger partial charge in [-0.25, -0.2) is 0 Å². The number of aromatic nitrogens is 3. The topological polar surface area (TPSA) is 63.5 Å². The van der Waals surface area contributed by atoms with Gasteiger partial charge in [0.15, 0.2) is 5.82 Å². The molecule has 2 aromatic heterocycles. The van der Waals surface area contributed by atoms with Gasteiger partial charge in [0, 0.05) is 48.2 Å². The third-order valence-corrected chi connectivity index (χ3v) is 6.47. The van der Waals surface area contributed by atoms with Crippen LogP contribution in [0.4, 0.5) is 5.82 Å². The summed E-state index contributed by atoms with van der Waals surface area (Å²) >= 11 is 6.31. The maximum atomic E-state index is 13.0. The first-order chi connectivity index (χ1) is 17.5. The van der Waals surface area contributed by atoms with Gasteiger partial charge in [0.2, 0.25) is 5.91 Å². The van der Waals surface area contributed by atoms with Crippen LogP contribution in [-0.2, 0) is 24.5 Å². The van der Waals surface area contributed by atoms with Gasteiger partial charge in [-0.05, 0) is 42.8 Å². The number of hydrogen-bond acceptors (Lipinski definition) is 5. The minimum Gasteiger partial charge on any atom is -0.489 e. The van der Waals surface area contributed by atoms with Crippen LogP contribution in [0.3, 0.4) is 0 Å². The number of amides is 1. The first-order valence-corrected chi connectivity index (χ1v) is 12.4. The molecule has 36 heavy (non-hydrogen) atoms. The number of benzene rings is 2. The van der Waals surface area contributed by atoms with Crippen molar-refractivity contribution >= 4 is 23.3 Å². The first kappa shape index (κ1) is 24.0. The molecule has 0 N–H and O–H groups in total. The molecule has 0 unspecified atom stereocenters. The van der Waals surface area contributed by atoms with E-state index in [-0.39, 0.29) is 5.91 Å². The van der Waals surface area contributed by atoms with Crippen LogP contribution in [-0.4, -0.2) is 45.2 Å². The van der Waals surface area contributed by atoms with E-state index >= 15 is 0 Å². The molecule has 1 aliphatic heterocycles. The number of ether oxygens (including phenoxy) is 1. The Bertz CT molecular complexity index is 1330. The molecule has 0 spiro atoms. The molecule has 0 bridgehead atoms. The largest absolute Gasteiger partial charge is 0.489 e. The van der Waals surface area contributed by atoms with Crippen LogP contribution in [0, 0.1) is 6.92 Å². The smallest absolute Gasteiger partial charge is 0.242 e. The molecular weight excluding hydrogens is 474 g/mol. The van der Waals surface area contributed by atoms with Gasteiger partial charge in [0.05, 0.1) is 18.8 Å². The van der Waals surface area contributed by atoms with E-state index < -0.39 is 0 Å². The molecule has 0 aliphatic carbocycles. The summed E-state index contributed by atoms with van der Waals surface area (Å²) in [4.78, 5) is 21.2. The van der Waals surface area contributed by atoms with Gasteiger partial charge in [0.1, 0.15) is 12.4 Å². The Labute approximate surface area is 215 Å². The van der Waals surface area contributed by atoms with Crippen molar-refractivity contribution in [1.82, 2.24) is 19.7 Å². The molecule has 184 valence electrons. The Hall–Kier alpha value is -3.68. The van der Waals surface area contributed by atoms with E-state index in [4.69, 9.17) is 21.4 Å². The number of anilines is 1. The predicted molar refractivity (Wildman–Crippen MR) is 140 cm³/mol. The number of carbonyl (C=O) groups is 1. The Morgan fingerprint density at radius 3 is 2.58 bits per heavy atom. The van der Waals surface area contributed by atoms with Gasteiger partial charge >= 0.3 is 0 Å². The van der Waals surface area contributed by atoms with Gasteiger partial charge in [-0.3, -0.25) is 24.3 Å². The van der Waals surface area contributed by atoms with E-state index in [0.717, 1.165) is 34.8 Å². The normalized spacial score (nSPS) is 14.3. The summed E-state index contributed by atoms with van der Waals surface area (Å²) in [6.45, 7) is 5.31. The van der Waals surface area contributed by atoms with Gasteiger partial charge in [-0.15, -0.1) is 0 Å². The predicted octanol–water partition coefficient (Wildman–Crippen LogP) is 4.72. The van der Waals surface area contributed by atoms with E-state index in [0.29, 0.717) is 43.6 Å². The standard InChI is InChI=1S/C28H28ClN5O2/c1-21-15-27(33-14-13-32(19-28(33)35)18-25-9-5-6-12-30-25)31-34(21)17-23-16-24(29)10-11-26(23)36-20-22-7-3-2-4-8-22/h2-12,15-16H,13-14,17-20H2,1H3. The highest BCUT2D eigenvalue weighted by Gasteiger charge is 2.27. The highest BCUT2D eigenvalue weighted by atomic mass is 35.5. The molecule has 3 heterocycles. The van der Waals surface area contributed by atoms with Crippen LogP contribution in [0.5, 0.6) is 5.75 Å². The lowest BCUT2D eigenvalue weighted by atomic mass is 10.2. The number of nitrogens with zero attached hydrogens (tertiary/aromatic N) is 5. The quantitative estimate of drug-likeness (QED) is 0.350. The molecule has 7 nitrogen and oxygen atoms in total. The van der Waals surface area contributed by atoms with Crippen LogP contribution in [0.1, 0.15) is 22.5 Å². The average molecular weight is 502 g/mol. The van der Waals surface area contributed by atoms with Crippen LogP contribution in [0.2, 0.25) is 5.02 Å². The molecule has 1 aliphatic rings. The molecule has 8 heteroatoms. The van der Waals surface area contributed by atoms with E-state index in [9.17, 15) is 4.79 Å². The Balaban J connectivity index is 1.27. The maximum absolute atomic E-state index is 13.0. The van der Waals surface area contributed by atoms with Crippen molar-refractivity contribution in [2.75, 3.05) is 24.5 Å². The molecule has 0 atom stereocenters. The zero-order valence-electron chi connectivity index (χ0n) is 20.2. The van der Waals surface area contributed by atoms with Gasteiger partial charge in [-0.1, -0.05) is 48.0 Å². The van der Waals surface area contributed by atoms with Crippen LogP contribution in [0.25, 0.3) is 0 Å². The lowest BCUT2D eigenvalue weighted by molar-refractivity contribution is -0.121. The van der Waals surface area contributed by atoms with Crippen molar-refractivity contribution in [3.8, 4) is 5.75 Å². The summed E-state index contributed by atoms with van der Waals surface area (Å²) < 4.78 is 8.01. The van der Waals surface area contributed by atoms with Crippen molar-refractivity contribution in [2.45, 2.75) is 26.6 Å². The van der Waals surface area contributed by atoms with E-state index in [1.165, 1.54) is 0 Å². The summed E-state index contributed by atoms with van der Waals surface area (Å²) in [6.07, 6.45) is 1.78. The third kappa shape index (κ3) is 5.75. The molecule has 5 rings (SSSR count). The number of pyridine rings is 1. The zero-order valence-corrected chi connectivity index (χ0v) is 20.9. The monoisotopic (exact) mass is 501 g/mol. The van der Waals surface area contributed by atoms with Crippen LogP contribution < -0.4 is 9.64 Å². The molecular formula is C28H28ClN5O2. The fraction of sp³-hybridized carbons (Fsp3) is 0.250. The van der Waals surface area contributed by atoms with Crippen LogP contribution >= 0.6 is 11.6 Å². The molecule has 1 amide bonds. The van der Waals surface area contributed by atoms with Crippen molar-refractivity contribution in [1.29, 1.82) is 0 Å². The highest BCUT2D eigenvalue weighted by Crippen LogP contribution is 2.26. The minimum atomic E-state index is 0.0384. The number of aryl methyl sites for hydroxylation is 1. The summed E-state index contributed by atoms with van der Waals surface area (Å²) in [5, 5.41) is 5.41. The molecule has 0 radical (unpaired) electrons. The number of piperazine rings is 1. The second-order valence-electron chi connectivity index (χ2n) is 8.90. The van der Waals surface area contributed by atoms with Crippen molar-refractivity contribution in [3.05, 3.63) is 107 Å². The number of halogens is 1. The van der Waals surface area contributed by atoms with Crippen molar-refractivity contribution in [3.63, 3.8) is 0 Å². The van der Waals surface area contributed by atoms with E-state index in [1.54, 1.807) is 11.1 Å². The lowest BCUT2D eigenvalue weighted by Gasteiger charge is -2.32. The maximum Gasteiger partial charge on any atom is 0.242 e. The molecule has 4 aromatic rings. The van der Waals surface area contributed by atoms with Crippen LogP contribution in [0.15, 0.2) is 79.0 Å². The van der Waals surface area contributed by atoms with Gasteiger partial charge in [-0.2, -0.15) is 5.10 Å². The molecule has 0 saturated carbocycles. The number of carbonyl (C=O) groups excluding carboxylic acids is 1. The summed E-state index contributed by atoms with van der Waals surface area (Å²) in [7, 11) is 0. The Morgan fingerprint density at radius 1 is 0.972 bits per heavy atom. The fourth-order valence-corrected chi connectivity index (χ4v) is 4.51. The third-order valence-electron chi connectivity index (χ3n) is 6.24. The van der Waals surface area contributed by atoms with Gasteiger partial charge < -0.3 is 4.74 Å². The minimum absolute atomic E-state index is 0.0384. The molecule has 1 saturated heterocycles. The fourth-order valence-electron chi connectivity index (χ4n) is 4.31. The first-order valence-electron chi connectivity index (χ1n) is 12.0.